The van der Waals surface area contributed by atoms with Crippen LogP contribution in [0, 0.1) is 0 Å². The summed E-state index contributed by atoms with van der Waals surface area (Å²) in [4.78, 5) is 4.98. The first-order valence-electron chi connectivity index (χ1n) is 8.98. The van der Waals surface area contributed by atoms with Crippen molar-refractivity contribution in [3.63, 3.8) is 0 Å². The van der Waals surface area contributed by atoms with Gasteiger partial charge in [0.1, 0.15) is 0 Å². The number of hydrogen-bond acceptors (Lipinski definition) is 4. The molecular formula is C20H25N3O. The zero-order chi connectivity index (χ0) is 16.2. The van der Waals surface area contributed by atoms with Crippen LogP contribution in [0.1, 0.15) is 12.8 Å². The fraction of sp³-hybridized carbons (Fsp3) is 0.400. The number of fused-ring (bicyclic) bond motifs is 2. The van der Waals surface area contributed by atoms with Gasteiger partial charge in [-0.25, -0.2) is 0 Å². The van der Waals surface area contributed by atoms with Gasteiger partial charge in [-0.1, -0.05) is 24.3 Å². The first-order valence-corrected chi connectivity index (χ1v) is 8.98. The van der Waals surface area contributed by atoms with E-state index >= 15 is 0 Å². The lowest BCUT2D eigenvalue weighted by Gasteiger charge is -2.33. The Morgan fingerprint density at radius 1 is 0.792 bits per heavy atom. The Hall–Kier alpha value is -2.04. The standard InChI is InChI=1S/C20H25N3O/c1-3-9-19-17(7-1)23(18-8-2-4-10-20(18)24-19)14-6-5-13-22-15-11-21-12-16-22/h1-4,7-10,21H,5-6,11-16H2. The van der Waals surface area contributed by atoms with Crippen LogP contribution in [-0.4, -0.2) is 44.2 Å². The number of unbranched alkanes of at least 4 members (excludes halogenated alkanes) is 1. The maximum absolute atomic E-state index is 6.05. The van der Waals surface area contributed by atoms with Gasteiger partial charge in [0.05, 0.1) is 11.4 Å². The lowest BCUT2D eigenvalue weighted by Crippen LogP contribution is -2.43. The summed E-state index contributed by atoms with van der Waals surface area (Å²) in [6.07, 6.45) is 2.42. The highest BCUT2D eigenvalue weighted by atomic mass is 16.5. The number of anilines is 2. The zero-order valence-corrected chi connectivity index (χ0v) is 14.1. The van der Waals surface area contributed by atoms with Crippen molar-refractivity contribution in [2.24, 2.45) is 0 Å². The van der Waals surface area contributed by atoms with Gasteiger partial charge in [-0.15, -0.1) is 0 Å². The summed E-state index contributed by atoms with van der Waals surface area (Å²) in [5.74, 6) is 1.91. The highest BCUT2D eigenvalue weighted by Gasteiger charge is 2.23. The molecule has 0 bridgehead atoms. The molecule has 1 fully saturated rings. The second-order valence-corrected chi connectivity index (χ2v) is 6.49. The molecule has 0 spiro atoms. The number of rotatable bonds is 5. The summed E-state index contributed by atoms with van der Waals surface area (Å²) in [5.41, 5.74) is 2.36. The van der Waals surface area contributed by atoms with Crippen molar-refractivity contribution >= 4 is 11.4 Å². The van der Waals surface area contributed by atoms with Crippen LogP contribution in [-0.2, 0) is 0 Å². The van der Waals surface area contributed by atoms with Gasteiger partial charge in [0.2, 0.25) is 0 Å². The van der Waals surface area contributed by atoms with Crippen LogP contribution in [0.15, 0.2) is 48.5 Å². The van der Waals surface area contributed by atoms with Gasteiger partial charge in [-0.2, -0.15) is 0 Å². The number of ether oxygens (including phenoxy) is 1. The smallest absolute Gasteiger partial charge is 0.151 e. The maximum Gasteiger partial charge on any atom is 0.151 e. The second-order valence-electron chi connectivity index (χ2n) is 6.49. The molecular weight excluding hydrogens is 298 g/mol. The zero-order valence-electron chi connectivity index (χ0n) is 14.1. The van der Waals surface area contributed by atoms with E-state index in [0.29, 0.717) is 0 Å². The summed E-state index contributed by atoms with van der Waals surface area (Å²) < 4.78 is 6.05. The minimum atomic E-state index is 0.957. The molecule has 24 heavy (non-hydrogen) atoms. The van der Waals surface area contributed by atoms with E-state index in [0.717, 1.165) is 31.1 Å². The summed E-state index contributed by atoms with van der Waals surface area (Å²) in [5, 5.41) is 3.42. The Labute approximate surface area is 144 Å². The average Bonchev–Trinajstić information content (AvgIpc) is 2.65. The van der Waals surface area contributed by atoms with E-state index in [-0.39, 0.29) is 0 Å². The second kappa shape index (κ2) is 7.24. The van der Waals surface area contributed by atoms with E-state index in [2.05, 4.69) is 51.5 Å². The van der Waals surface area contributed by atoms with Crippen molar-refractivity contribution in [1.29, 1.82) is 0 Å². The van der Waals surface area contributed by atoms with Crippen LogP contribution in [0.3, 0.4) is 0 Å². The van der Waals surface area contributed by atoms with Crippen molar-refractivity contribution < 1.29 is 4.74 Å². The molecule has 2 aromatic carbocycles. The predicted molar refractivity (Wildman–Crippen MR) is 98.5 cm³/mol. The van der Waals surface area contributed by atoms with Gasteiger partial charge in [0, 0.05) is 32.7 Å². The largest absolute Gasteiger partial charge is 0.453 e. The van der Waals surface area contributed by atoms with Gasteiger partial charge in [-0.05, 0) is 43.7 Å². The van der Waals surface area contributed by atoms with E-state index in [4.69, 9.17) is 4.74 Å². The van der Waals surface area contributed by atoms with Crippen LogP contribution in [0.25, 0.3) is 0 Å². The Morgan fingerprint density at radius 3 is 2.04 bits per heavy atom. The molecule has 4 heteroatoms. The van der Waals surface area contributed by atoms with E-state index < -0.39 is 0 Å². The monoisotopic (exact) mass is 323 g/mol. The highest BCUT2D eigenvalue weighted by Crippen LogP contribution is 2.46. The van der Waals surface area contributed by atoms with Crippen molar-refractivity contribution in [2.45, 2.75) is 12.8 Å². The third-order valence-corrected chi connectivity index (χ3v) is 4.85. The molecule has 0 radical (unpaired) electrons. The van der Waals surface area contributed by atoms with E-state index in [1.165, 1.54) is 43.9 Å². The summed E-state index contributed by atoms with van der Waals surface area (Å²) in [6, 6.07) is 16.7. The molecule has 126 valence electrons. The van der Waals surface area contributed by atoms with Gasteiger partial charge < -0.3 is 19.9 Å². The van der Waals surface area contributed by atoms with Crippen LogP contribution in [0.5, 0.6) is 11.5 Å². The average molecular weight is 323 g/mol. The van der Waals surface area contributed by atoms with Gasteiger partial charge >= 0.3 is 0 Å². The molecule has 0 amide bonds. The third kappa shape index (κ3) is 3.25. The molecule has 2 heterocycles. The fourth-order valence-corrected chi connectivity index (χ4v) is 3.56. The van der Waals surface area contributed by atoms with Gasteiger partial charge in [-0.3, -0.25) is 0 Å². The van der Waals surface area contributed by atoms with Gasteiger partial charge in [0.15, 0.2) is 11.5 Å². The number of hydrogen-bond donors (Lipinski definition) is 1. The van der Waals surface area contributed by atoms with E-state index in [9.17, 15) is 0 Å². The first-order chi connectivity index (χ1) is 11.9. The summed E-state index contributed by atoms with van der Waals surface area (Å²) in [7, 11) is 0. The molecule has 0 aromatic heterocycles. The SMILES string of the molecule is c1ccc2c(c1)Oc1ccccc1N2CCCCN1CCNCC1. The predicted octanol–water partition coefficient (Wildman–Crippen LogP) is 3.62. The molecule has 0 atom stereocenters. The minimum absolute atomic E-state index is 0.957. The highest BCUT2D eigenvalue weighted by molar-refractivity contribution is 5.77. The van der Waals surface area contributed by atoms with Crippen molar-refractivity contribution in [3.8, 4) is 11.5 Å². The van der Waals surface area contributed by atoms with Gasteiger partial charge in [0.25, 0.3) is 0 Å². The molecule has 0 saturated carbocycles. The maximum atomic E-state index is 6.05. The summed E-state index contributed by atoms with van der Waals surface area (Å²) in [6.45, 7) is 6.86. The number of piperazine rings is 1. The fourth-order valence-electron chi connectivity index (χ4n) is 3.56. The molecule has 4 rings (SSSR count). The minimum Gasteiger partial charge on any atom is -0.453 e. The summed E-state index contributed by atoms with van der Waals surface area (Å²) >= 11 is 0. The van der Waals surface area contributed by atoms with Crippen LogP contribution in [0.4, 0.5) is 11.4 Å². The molecule has 0 aliphatic carbocycles. The quantitative estimate of drug-likeness (QED) is 0.851. The molecule has 0 unspecified atom stereocenters. The van der Waals surface area contributed by atoms with Crippen molar-refractivity contribution in [2.75, 3.05) is 44.2 Å². The van der Waals surface area contributed by atoms with E-state index in [1.807, 2.05) is 12.1 Å². The molecule has 1 saturated heterocycles. The number of nitrogens with one attached hydrogen (secondary N) is 1. The Morgan fingerprint density at radius 2 is 1.38 bits per heavy atom. The number of nitrogens with zero attached hydrogens (tertiary/aromatic N) is 2. The van der Waals surface area contributed by atoms with Crippen LogP contribution >= 0.6 is 0 Å². The number of benzene rings is 2. The Balaban J connectivity index is 1.42. The Kier molecular flexibility index (Phi) is 4.67. The molecule has 2 aromatic rings. The molecule has 2 aliphatic rings. The number of para-hydroxylation sites is 4. The van der Waals surface area contributed by atoms with E-state index in [1.54, 1.807) is 0 Å². The molecule has 4 nitrogen and oxygen atoms in total. The van der Waals surface area contributed by atoms with Crippen molar-refractivity contribution in [1.82, 2.24) is 10.2 Å². The van der Waals surface area contributed by atoms with Crippen LogP contribution in [0.2, 0.25) is 0 Å². The molecule has 2 aliphatic heterocycles. The normalized spacial score (nSPS) is 17.1. The lowest BCUT2D eigenvalue weighted by molar-refractivity contribution is 0.237. The van der Waals surface area contributed by atoms with Crippen molar-refractivity contribution in [3.05, 3.63) is 48.5 Å². The topological polar surface area (TPSA) is 27.7 Å². The first kappa shape index (κ1) is 15.5. The third-order valence-electron chi connectivity index (χ3n) is 4.85. The lowest BCUT2D eigenvalue weighted by atomic mass is 10.1. The van der Waals surface area contributed by atoms with Crippen LogP contribution < -0.4 is 15.0 Å². The Bertz CT molecular complexity index is 637. The molecule has 1 N–H and O–H groups in total.